The van der Waals surface area contributed by atoms with E-state index in [1.165, 1.54) is 34.1 Å². The van der Waals surface area contributed by atoms with E-state index in [0.29, 0.717) is 22.7 Å². The molecule has 4 rings (SSSR count). The summed E-state index contributed by atoms with van der Waals surface area (Å²) in [5.74, 6) is 0.827. The number of amides is 1. The second-order valence-corrected chi connectivity index (χ2v) is 8.65. The molecule has 2 heterocycles. The van der Waals surface area contributed by atoms with Crippen molar-refractivity contribution in [2.45, 2.75) is 10.8 Å². The number of Topliss-reactive ketones (excluding diaryl/α,β-unsaturated/α-hetero) is 1. The molecule has 0 fully saturated rings. The number of nitrogens with one attached hydrogen (secondary N) is 1. The highest BCUT2D eigenvalue weighted by Crippen LogP contribution is 2.24. The Kier molecular flexibility index (Phi) is 6.87. The number of carbonyl (C=O) groups excluding carboxylic acids is 2. The van der Waals surface area contributed by atoms with Gasteiger partial charge >= 0.3 is 0 Å². The fraction of sp³-hybridized carbons (Fsp3) is 0.143. The molecule has 0 atom stereocenters. The van der Waals surface area contributed by atoms with Crippen LogP contribution in [0, 0.1) is 0 Å². The monoisotopic (exact) mass is 466 g/mol. The molecular formula is C21H18N6O3S2. The van der Waals surface area contributed by atoms with Crippen molar-refractivity contribution in [3.63, 3.8) is 0 Å². The van der Waals surface area contributed by atoms with Gasteiger partial charge in [-0.15, -0.1) is 16.4 Å². The average molecular weight is 467 g/mol. The second kappa shape index (κ2) is 10.2. The maximum atomic E-state index is 12.4. The van der Waals surface area contributed by atoms with Crippen molar-refractivity contribution in [1.82, 2.24) is 25.2 Å². The van der Waals surface area contributed by atoms with E-state index < -0.39 is 0 Å². The number of nitrogens with zero attached hydrogens (tertiary/aromatic N) is 5. The maximum absolute atomic E-state index is 12.4. The lowest BCUT2D eigenvalue weighted by Crippen LogP contribution is -2.14. The number of carbonyl (C=O) groups is 2. The first kappa shape index (κ1) is 21.7. The molecule has 4 aromatic rings. The molecule has 0 bridgehead atoms. The summed E-state index contributed by atoms with van der Waals surface area (Å²) in [7, 11) is 1.58. The number of benzene rings is 2. The molecule has 0 aliphatic carbocycles. The number of tetrazole rings is 1. The highest BCUT2D eigenvalue weighted by atomic mass is 32.2. The molecule has 162 valence electrons. The van der Waals surface area contributed by atoms with Crippen LogP contribution in [0.3, 0.4) is 0 Å². The highest BCUT2D eigenvalue weighted by molar-refractivity contribution is 8.01. The molecule has 0 aliphatic heterocycles. The van der Waals surface area contributed by atoms with Gasteiger partial charge in [-0.2, -0.15) is 0 Å². The number of rotatable bonds is 9. The van der Waals surface area contributed by atoms with E-state index in [2.05, 4.69) is 25.8 Å². The van der Waals surface area contributed by atoms with Gasteiger partial charge in [0.1, 0.15) is 12.1 Å². The van der Waals surface area contributed by atoms with Crippen molar-refractivity contribution in [2.75, 3.05) is 18.2 Å². The minimum Gasteiger partial charge on any atom is -0.497 e. The smallest absolute Gasteiger partial charge is 0.230 e. The number of thioether (sulfide) groups is 1. The zero-order valence-corrected chi connectivity index (χ0v) is 18.6. The van der Waals surface area contributed by atoms with Crippen LogP contribution in [-0.2, 0) is 11.2 Å². The first-order valence-corrected chi connectivity index (χ1v) is 11.3. The fourth-order valence-corrected chi connectivity index (χ4v) is 4.51. The summed E-state index contributed by atoms with van der Waals surface area (Å²) in [5, 5.41) is 15.7. The molecule has 9 nitrogen and oxygen atoms in total. The molecular weight excluding hydrogens is 448 g/mol. The average Bonchev–Trinajstić information content (AvgIpc) is 3.50. The van der Waals surface area contributed by atoms with Crippen LogP contribution in [0.5, 0.6) is 5.75 Å². The Morgan fingerprint density at radius 2 is 1.91 bits per heavy atom. The van der Waals surface area contributed by atoms with Crippen LogP contribution in [0.1, 0.15) is 16.1 Å². The zero-order valence-electron chi connectivity index (χ0n) is 17.0. The minimum atomic E-state index is -0.170. The van der Waals surface area contributed by atoms with Gasteiger partial charge in [0.25, 0.3) is 0 Å². The van der Waals surface area contributed by atoms with Gasteiger partial charge in [0.2, 0.25) is 5.91 Å². The summed E-state index contributed by atoms with van der Waals surface area (Å²) in [6, 6.07) is 14.2. The number of ether oxygens (including phenoxy) is 1. The van der Waals surface area contributed by atoms with Gasteiger partial charge in [-0.3, -0.25) is 9.59 Å². The van der Waals surface area contributed by atoms with Gasteiger partial charge in [0, 0.05) is 16.6 Å². The van der Waals surface area contributed by atoms with Crippen molar-refractivity contribution in [3.05, 3.63) is 71.5 Å². The van der Waals surface area contributed by atoms with Crippen molar-refractivity contribution < 1.29 is 14.3 Å². The third-order valence-corrected chi connectivity index (χ3v) is 6.45. The van der Waals surface area contributed by atoms with E-state index in [1.54, 1.807) is 43.5 Å². The summed E-state index contributed by atoms with van der Waals surface area (Å²) in [5.41, 5.74) is 2.75. The number of hydrogen-bond donors (Lipinski definition) is 1. The van der Waals surface area contributed by atoms with E-state index in [1.807, 2.05) is 17.5 Å². The topological polar surface area (TPSA) is 112 Å². The second-order valence-electron chi connectivity index (χ2n) is 6.57. The van der Waals surface area contributed by atoms with Crippen LogP contribution in [0.15, 0.2) is 64.6 Å². The molecule has 0 unspecified atom stereocenters. The van der Waals surface area contributed by atoms with E-state index in [4.69, 9.17) is 4.74 Å². The first-order valence-electron chi connectivity index (χ1n) is 9.48. The van der Waals surface area contributed by atoms with Gasteiger partial charge in [0.05, 0.1) is 30.7 Å². The van der Waals surface area contributed by atoms with Gasteiger partial charge in [-0.1, -0.05) is 11.8 Å². The van der Waals surface area contributed by atoms with Crippen molar-refractivity contribution >= 4 is 40.5 Å². The lowest BCUT2D eigenvalue weighted by molar-refractivity contribution is -0.115. The molecule has 0 spiro atoms. The third kappa shape index (κ3) is 5.56. The number of ketones is 1. The zero-order chi connectivity index (χ0) is 22.3. The fourth-order valence-electron chi connectivity index (χ4n) is 2.77. The lowest BCUT2D eigenvalue weighted by Gasteiger charge is -2.05. The van der Waals surface area contributed by atoms with Gasteiger partial charge < -0.3 is 10.1 Å². The van der Waals surface area contributed by atoms with Crippen LogP contribution in [0.25, 0.3) is 5.69 Å². The van der Waals surface area contributed by atoms with Crippen LogP contribution in [0.4, 0.5) is 5.69 Å². The number of aromatic nitrogens is 5. The van der Waals surface area contributed by atoms with Gasteiger partial charge in [-0.25, -0.2) is 9.67 Å². The Morgan fingerprint density at radius 3 is 2.59 bits per heavy atom. The molecule has 2 aromatic heterocycles. The van der Waals surface area contributed by atoms with Crippen LogP contribution < -0.4 is 10.1 Å². The Bertz CT molecular complexity index is 1190. The summed E-state index contributed by atoms with van der Waals surface area (Å²) in [6.45, 7) is 0. The molecule has 32 heavy (non-hydrogen) atoms. The summed E-state index contributed by atoms with van der Waals surface area (Å²) in [4.78, 5) is 29.2. The molecule has 0 saturated carbocycles. The largest absolute Gasteiger partial charge is 0.497 e. The molecule has 2 aromatic carbocycles. The van der Waals surface area contributed by atoms with E-state index in [-0.39, 0.29) is 23.9 Å². The number of methoxy groups -OCH3 is 1. The van der Waals surface area contributed by atoms with Crippen LogP contribution in [0.2, 0.25) is 0 Å². The van der Waals surface area contributed by atoms with Crippen molar-refractivity contribution in [1.29, 1.82) is 0 Å². The van der Waals surface area contributed by atoms with Crippen molar-refractivity contribution in [3.8, 4) is 11.4 Å². The molecule has 0 aliphatic rings. The molecule has 1 N–H and O–H groups in total. The maximum Gasteiger partial charge on any atom is 0.230 e. The minimum absolute atomic E-state index is 0.0114. The Morgan fingerprint density at radius 1 is 1.12 bits per heavy atom. The first-order chi connectivity index (χ1) is 15.6. The van der Waals surface area contributed by atoms with Gasteiger partial charge in [0.15, 0.2) is 10.1 Å². The van der Waals surface area contributed by atoms with Crippen LogP contribution >= 0.6 is 23.1 Å². The van der Waals surface area contributed by atoms with E-state index in [0.717, 1.165) is 10.0 Å². The summed E-state index contributed by atoms with van der Waals surface area (Å²) in [6.07, 6.45) is 1.65. The standard InChI is InChI=1S/C21H18N6O3S2/c1-30-18-8-2-14(3-9-18)19(28)12-32-21-24-16(11-31-21)10-20(29)23-15-4-6-17(7-5-15)27-13-22-25-26-27/h2-9,11,13H,10,12H2,1H3,(H,23,29). The lowest BCUT2D eigenvalue weighted by atomic mass is 10.1. The molecule has 0 radical (unpaired) electrons. The predicted molar refractivity (Wildman–Crippen MR) is 122 cm³/mol. The Hall–Kier alpha value is -3.57. The van der Waals surface area contributed by atoms with E-state index >= 15 is 0 Å². The van der Waals surface area contributed by atoms with E-state index in [9.17, 15) is 9.59 Å². The summed E-state index contributed by atoms with van der Waals surface area (Å²) >= 11 is 2.78. The third-order valence-electron chi connectivity index (χ3n) is 4.38. The Balaban J connectivity index is 1.27. The number of anilines is 1. The van der Waals surface area contributed by atoms with Gasteiger partial charge in [-0.05, 0) is 59.0 Å². The normalized spacial score (nSPS) is 10.7. The van der Waals surface area contributed by atoms with Crippen LogP contribution in [-0.4, -0.2) is 49.7 Å². The summed E-state index contributed by atoms with van der Waals surface area (Å²) < 4.78 is 7.38. The molecule has 0 saturated heterocycles. The number of thiazole rings is 1. The quantitative estimate of drug-likeness (QED) is 0.295. The Labute approximate surface area is 191 Å². The number of hydrogen-bond acceptors (Lipinski definition) is 9. The SMILES string of the molecule is COc1ccc(C(=O)CSc2nc(CC(=O)Nc3ccc(-n4cnnn4)cc3)cs2)cc1. The molecule has 11 heteroatoms. The molecule has 1 amide bonds. The van der Waals surface area contributed by atoms with Crippen molar-refractivity contribution in [2.24, 2.45) is 0 Å². The predicted octanol–water partition coefficient (Wildman–Crippen LogP) is 3.28. The highest BCUT2D eigenvalue weighted by Gasteiger charge is 2.12.